The lowest BCUT2D eigenvalue weighted by molar-refractivity contribution is 0.101. The van der Waals surface area contributed by atoms with Crippen molar-refractivity contribution in [3.05, 3.63) is 137 Å². The van der Waals surface area contributed by atoms with Crippen LogP contribution in [0.1, 0.15) is 52.6 Å². The van der Waals surface area contributed by atoms with Gasteiger partial charge in [-0.25, -0.2) is 0 Å². The van der Waals surface area contributed by atoms with Crippen LogP contribution >= 0.6 is 0 Å². The second kappa shape index (κ2) is 13.6. The molecule has 0 spiro atoms. The molecule has 11 heteroatoms. The first-order chi connectivity index (χ1) is 22.5. The van der Waals surface area contributed by atoms with Crippen LogP contribution in [0.3, 0.4) is 0 Å². The van der Waals surface area contributed by atoms with Crippen molar-refractivity contribution in [2.24, 2.45) is 0 Å². The summed E-state index contributed by atoms with van der Waals surface area (Å²) in [6.07, 6.45) is 0. The molecule has 5 aromatic rings. The summed E-state index contributed by atoms with van der Waals surface area (Å²) >= 11 is 0. The average molecular weight is 629 g/mol. The Labute approximate surface area is 270 Å². The van der Waals surface area contributed by atoms with Gasteiger partial charge in [-0.3, -0.25) is 19.2 Å². The molecule has 0 saturated carbocycles. The summed E-state index contributed by atoms with van der Waals surface area (Å²) in [5.41, 5.74) is 16.5. The maximum atomic E-state index is 13.2. The van der Waals surface area contributed by atoms with E-state index >= 15 is 0 Å². The number of hydrogen-bond donors (Lipinski definition) is 7. The first-order valence-corrected chi connectivity index (χ1v) is 14.5. The first kappa shape index (κ1) is 31.8. The number of hydrogen-bond acceptors (Lipinski definition) is 7. The van der Waals surface area contributed by atoms with Gasteiger partial charge in [0.1, 0.15) is 5.75 Å². The number of nitrogens with two attached hydrogens (primary N) is 2. The fraction of sp³-hybridized carbons (Fsp3) is 0.0556. The van der Waals surface area contributed by atoms with Crippen molar-refractivity contribution in [2.75, 3.05) is 32.7 Å². The Morgan fingerprint density at radius 1 is 0.511 bits per heavy atom. The SMILES string of the molecule is Cc1ccc(NC(=O)c2ccc(O)c(C(=O)Nc3ccc(C)c(NC(=O)c4cccc(N)c4)c3)c2)cc1NC(=O)c1cccc(N)c1. The van der Waals surface area contributed by atoms with E-state index in [1.807, 2.05) is 6.92 Å². The molecule has 9 N–H and O–H groups in total. The quantitative estimate of drug-likeness (QED) is 0.0998. The minimum Gasteiger partial charge on any atom is -0.507 e. The Balaban J connectivity index is 1.28. The van der Waals surface area contributed by atoms with Crippen LogP contribution in [0, 0.1) is 13.8 Å². The van der Waals surface area contributed by atoms with Gasteiger partial charge in [0.05, 0.1) is 5.56 Å². The molecule has 11 nitrogen and oxygen atoms in total. The highest BCUT2D eigenvalue weighted by Crippen LogP contribution is 2.26. The summed E-state index contributed by atoms with van der Waals surface area (Å²) in [4.78, 5) is 51.9. The molecular formula is C36H32N6O5. The number of carbonyl (C=O) groups is 4. The first-order valence-electron chi connectivity index (χ1n) is 14.5. The molecule has 0 unspecified atom stereocenters. The molecule has 236 valence electrons. The van der Waals surface area contributed by atoms with Crippen LogP contribution in [-0.4, -0.2) is 28.7 Å². The average Bonchev–Trinajstić information content (AvgIpc) is 3.04. The topological polar surface area (TPSA) is 189 Å². The highest BCUT2D eigenvalue weighted by Gasteiger charge is 2.17. The standard InChI is InChI=1S/C36H32N6O5/c1-20-9-12-27(18-30(20)41-34(45)22-5-3-7-25(37)15-22)39-33(44)24-11-14-32(43)29(17-24)36(47)40-28-13-10-21(2)31(19-28)42-35(46)23-6-4-8-26(38)16-23/h3-19,43H,37-38H2,1-2H3,(H,39,44)(H,40,47)(H,41,45)(H,42,46). The van der Waals surface area contributed by atoms with Gasteiger partial charge < -0.3 is 37.8 Å². The molecule has 5 aromatic carbocycles. The summed E-state index contributed by atoms with van der Waals surface area (Å²) in [5.74, 6) is -2.27. The van der Waals surface area contributed by atoms with E-state index in [9.17, 15) is 24.3 Å². The van der Waals surface area contributed by atoms with E-state index in [4.69, 9.17) is 11.5 Å². The number of amides is 4. The number of aryl methyl sites for hydroxylation is 2. The van der Waals surface area contributed by atoms with Crippen molar-refractivity contribution < 1.29 is 24.3 Å². The molecule has 0 aliphatic heterocycles. The second-order valence-corrected chi connectivity index (χ2v) is 10.9. The number of aromatic hydroxyl groups is 1. The predicted molar refractivity (Wildman–Crippen MR) is 184 cm³/mol. The van der Waals surface area contributed by atoms with E-state index < -0.39 is 11.8 Å². The number of anilines is 6. The molecule has 0 bridgehead atoms. The van der Waals surface area contributed by atoms with Gasteiger partial charge in [-0.2, -0.15) is 0 Å². The summed E-state index contributed by atoms with van der Waals surface area (Å²) in [5, 5.41) is 21.6. The monoisotopic (exact) mass is 628 g/mol. The molecule has 0 saturated heterocycles. The lowest BCUT2D eigenvalue weighted by Crippen LogP contribution is -2.17. The third-order valence-corrected chi connectivity index (χ3v) is 7.29. The van der Waals surface area contributed by atoms with E-state index in [1.165, 1.54) is 18.2 Å². The molecular weight excluding hydrogens is 596 g/mol. The third-order valence-electron chi connectivity index (χ3n) is 7.29. The minimum absolute atomic E-state index is 0.109. The van der Waals surface area contributed by atoms with Crippen LogP contribution in [0.4, 0.5) is 34.1 Å². The van der Waals surface area contributed by atoms with E-state index in [1.54, 1.807) is 91.9 Å². The molecule has 0 radical (unpaired) electrons. The van der Waals surface area contributed by atoms with Gasteiger partial charge in [-0.05, 0) is 104 Å². The summed E-state index contributed by atoms with van der Waals surface area (Å²) in [7, 11) is 0. The summed E-state index contributed by atoms with van der Waals surface area (Å²) in [6.45, 7) is 3.62. The largest absolute Gasteiger partial charge is 0.507 e. The van der Waals surface area contributed by atoms with Crippen LogP contribution in [-0.2, 0) is 0 Å². The Morgan fingerprint density at radius 2 is 0.957 bits per heavy atom. The number of rotatable bonds is 8. The van der Waals surface area contributed by atoms with Gasteiger partial charge in [0.2, 0.25) is 0 Å². The third kappa shape index (κ3) is 7.73. The van der Waals surface area contributed by atoms with Crippen molar-refractivity contribution >= 4 is 57.8 Å². The fourth-order valence-electron chi connectivity index (χ4n) is 4.68. The number of phenolic OH excluding ortho intramolecular Hbond substituents is 1. The van der Waals surface area contributed by atoms with Crippen LogP contribution < -0.4 is 32.7 Å². The van der Waals surface area contributed by atoms with Gasteiger partial charge in [-0.1, -0.05) is 24.3 Å². The van der Waals surface area contributed by atoms with E-state index in [-0.39, 0.29) is 28.7 Å². The van der Waals surface area contributed by atoms with Crippen LogP contribution in [0.25, 0.3) is 0 Å². The molecule has 47 heavy (non-hydrogen) atoms. The van der Waals surface area contributed by atoms with Crippen molar-refractivity contribution in [3.8, 4) is 5.75 Å². The Morgan fingerprint density at radius 3 is 1.45 bits per heavy atom. The number of benzene rings is 5. The van der Waals surface area contributed by atoms with Gasteiger partial charge in [0.25, 0.3) is 23.6 Å². The van der Waals surface area contributed by atoms with Crippen LogP contribution in [0.15, 0.2) is 103 Å². The van der Waals surface area contributed by atoms with Gasteiger partial charge in [0, 0.05) is 50.8 Å². The number of phenols is 1. The highest BCUT2D eigenvalue weighted by atomic mass is 16.3. The molecule has 0 aliphatic carbocycles. The minimum atomic E-state index is -0.670. The smallest absolute Gasteiger partial charge is 0.259 e. The molecule has 0 aliphatic rings. The van der Waals surface area contributed by atoms with Crippen LogP contribution in [0.2, 0.25) is 0 Å². The lowest BCUT2D eigenvalue weighted by atomic mass is 10.1. The van der Waals surface area contributed by atoms with Crippen molar-refractivity contribution in [1.82, 2.24) is 0 Å². The maximum Gasteiger partial charge on any atom is 0.259 e. The van der Waals surface area contributed by atoms with Gasteiger partial charge in [-0.15, -0.1) is 0 Å². The molecule has 0 fully saturated rings. The normalized spacial score (nSPS) is 10.5. The number of carbonyl (C=O) groups excluding carboxylic acids is 4. The van der Waals surface area contributed by atoms with Crippen molar-refractivity contribution in [3.63, 3.8) is 0 Å². The van der Waals surface area contributed by atoms with Gasteiger partial charge in [0.15, 0.2) is 0 Å². The Kier molecular flexibility index (Phi) is 9.18. The predicted octanol–water partition coefficient (Wildman–Crippen LogP) is 6.18. The zero-order valence-corrected chi connectivity index (χ0v) is 25.5. The Hall–Kier alpha value is -6.62. The highest BCUT2D eigenvalue weighted by molar-refractivity contribution is 6.11. The number of nitrogens with one attached hydrogen (secondary N) is 4. The van der Waals surface area contributed by atoms with Crippen molar-refractivity contribution in [2.45, 2.75) is 13.8 Å². The summed E-state index contributed by atoms with van der Waals surface area (Å²) < 4.78 is 0. The zero-order valence-electron chi connectivity index (χ0n) is 25.5. The molecule has 5 rings (SSSR count). The van der Waals surface area contributed by atoms with Crippen LogP contribution in [0.5, 0.6) is 5.75 Å². The Bertz CT molecular complexity index is 2040. The van der Waals surface area contributed by atoms with E-state index in [0.717, 1.165) is 11.1 Å². The molecule has 4 amide bonds. The summed E-state index contributed by atoms with van der Waals surface area (Å²) in [6, 6.07) is 27.0. The maximum absolute atomic E-state index is 13.2. The molecule has 0 heterocycles. The van der Waals surface area contributed by atoms with Crippen molar-refractivity contribution in [1.29, 1.82) is 0 Å². The van der Waals surface area contributed by atoms with E-state index in [2.05, 4.69) is 21.3 Å². The zero-order chi connectivity index (χ0) is 33.7. The lowest BCUT2D eigenvalue weighted by Gasteiger charge is -2.14. The number of nitrogen functional groups attached to an aromatic ring is 2. The molecule has 0 aromatic heterocycles. The fourth-order valence-corrected chi connectivity index (χ4v) is 4.68. The molecule has 0 atom stereocenters. The second-order valence-electron chi connectivity index (χ2n) is 10.9. The van der Waals surface area contributed by atoms with E-state index in [0.29, 0.717) is 45.3 Å². The van der Waals surface area contributed by atoms with Gasteiger partial charge >= 0.3 is 0 Å².